The molecule has 0 saturated heterocycles. The Balaban J connectivity index is 2.17. The van der Waals surface area contributed by atoms with Gasteiger partial charge in [-0.2, -0.15) is 17.7 Å². The van der Waals surface area contributed by atoms with Crippen LogP contribution in [-0.2, 0) is 6.54 Å². The molecule has 0 amide bonds. The number of rotatable bonds is 4. The summed E-state index contributed by atoms with van der Waals surface area (Å²) in [6, 6.07) is 10.2. The van der Waals surface area contributed by atoms with Crippen LogP contribution in [0.4, 0.5) is 0 Å². The molecule has 3 heteroatoms. The molecule has 0 unspecified atom stereocenters. The fraction of sp³-hybridized carbons (Fsp3) is 0.154. The van der Waals surface area contributed by atoms with E-state index in [9.17, 15) is 0 Å². The van der Waals surface area contributed by atoms with Crippen molar-refractivity contribution in [3.63, 3.8) is 0 Å². The number of benzene rings is 1. The Kier molecular flexibility index (Phi) is 3.47. The fourth-order valence-corrected chi connectivity index (χ4v) is 1.61. The third kappa shape index (κ3) is 2.55. The van der Waals surface area contributed by atoms with Crippen molar-refractivity contribution in [1.82, 2.24) is 9.78 Å². The largest absolute Gasteiger partial charge is 0.268 e. The summed E-state index contributed by atoms with van der Waals surface area (Å²) in [4.78, 5) is 0. The van der Waals surface area contributed by atoms with E-state index in [0.717, 1.165) is 17.7 Å². The van der Waals surface area contributed by atoms with Crippen LogP contribution in [0.25, 0.3) is 11.1 Å². The Labute approximate surface area is 101 Å². The van der Waals surface area contributed by atoms with Crippen molar-refractivity contribution < 1.29 is 0 Å². The SMILES string of the molecule is C=C(CS)Cn1cc(-c2ccccc2)cn1. The number of hydrogen-bond acceptors (Lipinski definition) is 2. The van der Waals surface area contributed by atoms with Crippen molar-refractivity contribution in [2.75, 3.05) is 5.75 Å². The average molecular weight is 230 g/mol. The first-order valence-electron chi connectivity index (χ1n) is 5.15. The second-order valence-electron chi connectivity index (χ2n) is 3.70. The molecular weight excluding hydrogens is 216 g/mol. The Bertz CT molecular complexity index is 474. The van der Waals surface area contributed by atoms with Crippen LogP contribution in [0.5, 0.6) is 0 Å². The second-order valence-corrected chi connectivity index (χ2v) is 4.02. The molecule has 0 aliphatic rings. The molecule has 0 saturated carbocycles. The topological polar surface area (TPSA) is 17.8 Å². The van der Waals surface area contributed by atoms with Crippen LogP contribution in [0.15, 0.2) is 54.9 Å². The van der Waals surface area contributed by atoms with Gasteiger partial charge in [0.05, 0.1) is 12.7 Å². The van der Waals surface area contributed by atoms with Gasteiger partial charge >= 0.3 is 0 Å². The second kappa shape index (κ2) is 5.03. The minimum absolute atomic E-state index is 0.695. The number of hydrogen-bond donors (Lipinski definition) is 1. The van der Waals surface area contributed by atoms with Crippen molar-refractivity contribution in [1.29, 1.82) is 0 Å². The Hall–Kier alpha value is -1.48. The van der Waals surface area contributed by atoms with E-state index >= 15 is 0 Å². The standard InChI is InChI=1S/C13H14N2S/c1-11(10-16)8-15-9-13(7-14-15)12-5-3-2-4-6-12/h2-7,9,16H,1,8,10H2. The van der Waals surface area contributed by atoms with Gasteiger partial charge in [0.2, 0.25) is 0 Å². The molecular formula is C13H14N2S. The molecule has 82 valence electrons. The summed E-state index contributed by atoms with van der Waals surface area (Å²) in [7, 11) is 0. The Morgan fingerprint density at radius 2 is 2.00 bits per heavy atom. The predicted octanol–water partition coefficient (Wildman–Crippen LogP) is 3.04. The van der Waals surface area contributed by atoms with Crippen LogP contribution in [0.1, 0.15) is 0 Å². The van der Waals surface area contributed by atoms with Gasteiger partial charge in [0, 0.05) is 17.5 Å². The first-order valence-corrected chi connectivity index (χ1v) is 5.78. The summed E-state index contributed by atoms with van der Waals surface area (Å²) < 4.78 is 1.89. The molecule has 0 atom stereocenters. The molecule has 1 aromatic carbocycles. The van der Waals surface area contributed by atoms with Gasteiger partial charge in [-0.1, -0.05) is 36.9 Å². The van der Waals surface area contributed by atoms with E-state index in [0.29, 0.717) is 5.75 Å². The lowest BCUT2D eigenvalue weighted by atomic mass is 10.1. The van der Waals surface area contributed by atoms with Gasteiger partial charge in [-0.15, -0.1) is 0 Å². The monoisotopic (exact) mass is 230 g/mol. The van der Waals surface area contributed by atoms with Gasteiger partial charge in [0.15, 0.2) is 0 Å². The first kappa shape index (κ1) is 11.0. The summed E-state index contributed by atoms with van der Waals surface area (Å²) in [6.45, 7) is 4.65. The fourth-order valence-electron chi connectivity index (χ4n) is 1.51. The molecule has 0 fully saturated rings. The maximum Gasteiger partial charge on any atom is 0.0624 e. The van der Waals surface area contributed by atoms with Crippen molar-refractivity contribution >= 4 is 12.6 Å². The van der Waals surface area contributed by atoms with Crippen LogP contribution in [0.3, 0.4) is 0 Å². The smallest absolute Gasteiger partial charge is 0.0624 e. The van der Waals surface area contributed by atoms with Crippen molar-refractivity contribution in [3.05, 3.63) is 54.9 Å². The quantitative estimate of drug-likeness (QED) is 0.631. The van der Waals surface area contributed by atoms with E-state index in [4.69, 9.17) is 0 Å². The highest BCUT2D eigenvalue weighted by atomic mass is 32.1. The van der Waals surface area contributed by atoms with Crippen LogP contribution in [0, 0.1) is 0 Å². The molecule has 0 bridgehead atoms. The van der Waals surface area contributed by atoms with Gasteiger partial charge in [0.1, 0.15) is 0 Å². The summed E-state index contributed by atoms with van der Waals surface area (Å²) in [5, 5.41) is 4.30. The van der Waals surface area contributed by atoms with E-state index in [-0.39, 0.29) is 0 Å². The molecule has 1 heterocycles. The van der Waals surface area contributed by atoms with Crippen LogP contribution in [0.2, 0.25) is 0 Å². The highest BCUT2D eigenvalue weighted by molar-refractivity contribution is 7.80. The molecule has 0 N–H and O–H groups in total. The van der Waals surface area contributed by atoms with Crippen molar-refractivity contribution in [3.8, 4) is 11.1 Å². The first-order chi connectivity index (χ1) is 7.79. The highest BCUT2D eigenvalue weighted by Gasteiger charge is 2.01. The molecule has 16 heavy (non-hydrogen) atoms. The molecule has 2 rings (SSSR count). The summed E-state index contributed by atoms with van der Waals surface area (Å²) in [6.07, 6.45) is 3.91. The van der Waals surface area contributed by atoms with Gasteiger partial charge in [-0.3, -0.25) is 4.68 Å². The van der Waals surface area contributed by atoms with E-state index < -0.39 is 0 Å². The van der Waals surface area contributed by atoms with Crippen LogP contribution < -0.4 is 0 Å². The van der Waals surface area contributed by atoms with E-state index in [1.165, 1.54) is 5.56 Å². The summed E-state index contributed by atoms with van der Waals surface area (Å²) in [5.74, 6) is 0.695. The lowest BCUT2D eigenvalue weighted by molar-refractivity contribution is 0.680. The number of aromatic nitrogens is 2. The van der Waals surface area contributed by atoms with Crippen molar-refractivity contribution in [2.24, 2.45) is 0 Å². The summed E-state index contributed by atoms with van der Waals surface area (Å²) in [5.41, 5.74) is 3.38. The molecule has 0 aliphatic carbocycles. The molecule has 0 spiro atoms. The molecule has 1 aromatic heterocycles. The lowest BCUT2D eigenvalue weighted by Crippen LogP contribution is -2.01. The molecule has 0 aliphatic heterocycles. The van der Waals surface area contributed by atoms with Crippen molar-refractivity contribution in [2.45, 2.75) is 6.54 Å². The Morgan fingerprint density at radius 1 is 1.25 bits per heavy atom. The van der Waals surface area contributed by atoms with Gasteiger partial charge in [0.25, 0.3) is 0 Å². The maximum absolute atomic E-state index is 4.30. The minimum Gasteiger partial charge on any atom is -0.268 e. The van der Waals surface area contributed by atoms with E-state index in [1.54, 1.807) is 0 Å². The normalized spacial score (nSPS) is 10.3. The van der Waals surface area contributed by atoms with Gasteiger partial charge in [-0.25, -0.2) is 0 Å². The maximum atomic E-state index is 4.30. The van der Waals surface area contributed by atoms with Crippen LogP contribution in [-0.4, -0.2) is 15.5 Å². The lowest BCUT2D eigenvalue weighted by Gasteiger charge is -2.01. The number of thiol groups is 1. The Morgan fingerprint density at radius 3 is 2.69 bits per heavy atom. The zero-order valence-corrected chi connectivity index (χ0v) is 9.90. The third-order valence-corrected chi connectivity index (χ3v) is 2.80. The molecule has 0 radical (unpaired) electrons. The highest BCUT2D eigenvalue weighted by Crippen LogP contribution is 2.17. The van der Waals surface area contributed by atoms with E-state index in [2.05, 4.69) is 36.4 Å². The van der Waals surface area contributed by atoms with Crippen LogP contribution >= 0.6 is 12.6 Å². The zero-order valence-electron chi connectivity index (χ0n) is 9.00. The predicted molar refractivity (Wildman–Crippen MR) is 70.7 cm³/mol. The van der Waals surface area contributed by atoms with Gasteiger partial charge in [-0.05, 0) is 11.1 Å². The minimum atomic E-state index is 0.695. The third-order valence-electron chi connectivity index (χ3n) is 2.35. The molecule has 2 nitrogen and oxygen atoms in total. The zero-order chi connectivity index (χ0) is 11.4. The summed E-state index contributed by atoms with van der Waals surface area (Å²) >= 11 is 4.18. The van der Waals surface area contributed by atoms with E-state index in [1.807, 2.05) is 35.3 Å². The average Bonchev–Trinajstić information content (AvgIpc) is 2.78. The van der Waals surface area contributed by atoms with Gasteiger partial charge < -0.3 is 0 Å². The number of nitrogens with zero attached hydrogens (tertiary/aromatic N) is 2. The molecule has 2 aromatic rings.